The second-order valence-corrected chi connectivity index (χ2v) is 4.49. The van der Waals surface area contributed by atoms with Gasteiger partial charge in [0.05, 0.1) is 0 Å². The van der Waals surface area contributed by atoms with Crippen LogP contribution in [0.5, 0.6) is 5.75 Å². The summed E-state index contributed by atoms with van der Waals surface area (Å²) < 4.78 is 5.57. The summed E-state index contributed by atoms with van der Waals surface area (Å²) in [5.74, 6) is 0.831. The van der Waals surface area contributed by atoms with Crippen LogP contribution in [-0.2, 0) is 0 Å². The van der Waals surface area contributed by atoms with Gasteiger partial charge in [-0.25, -0.2) is 0 Å². The molecular weight excluding hydrogens is 214 g/mol. The van der Waals surface area contributed by atoms with Gasteiger partial charge in [0, 0.05) is 6.54 Å². The summed E-state index contributed by atoms with van der Waals surface area (Å²) in [4.78, 5) is 0. The predicted molar refractivity (Wildman–Crippen MR) is 70.6 cm³/mol. The molecule has 0 aliphatic carbocycles. The van der Waals surface area contributed by atoms with Crippen LogP contribution in [0, 0.1) is 13.8 Å². The fourth-order valence-corrected chi connectivity index (χ4v) is 1.71. The molecule has 0 aliphatic rings. The van der Waals surface area contributed by atoms with Crippen molar-refractivity contribution < 1.29 is 9.84 Å². The van der Waals surface area contributed by atoms with Crippen LogP contribution in [0.25, 0.3) is 0 Å². The Morgan fingerprint density at radius 3 is 2.47 bits per heavy atom. The fourth-order valence-electron chi connectivity index (χ4n) is 1.71. The van der Waals surface area contributed by atoms with Crippen LogP contribution >= 0.6 is 0 Å². The highest BCUT2D eigenvalue weighted by Gasteiger charge is 2.05. The van der Waals surface area contributed by atoms with Crippen molar-refractivity contribution in [2.24, 2.45) is 0 Å². The van der Waals surface area contributed by atoms with E-state index in [-0.39, 0.29) is 0 Å². The second kappa shape index (κ2) is 7.30. The van der Waals surface area contributed by atoms with E-state index in [1.165, 1.54) is 11.1 Å². The van der Waals surface area contributed by atoms with Crippen LogP contribution in [0.3, 0.4) is 0 Å². The van der Waals surface area contributed by atoms with Crippen LogP contribution in [0.15, 0.2) is 18.2 Å². The first kappa shape index (κ1) is 14.0. The molecule has 1 aromatic rings. The number of nitrogens with one attached hydrogen (secondary N) is 1. The molecule has 0 bridgehead atoms. The second-order valence-electron chi connectivity index (χ2n) is 4.49. The highest BCUT2D eigenvalue weighted by atomic mass is 16.5. The number of aliphatic hydroxyl groups is 1. The van der Waals surface area contributed by atoms with Crippen molar-refractivity contribution >= 4 is 0 Å². The summed E-state index contributed by atoms with van der Waals surface area (Å²) in [5.41, 5.74) is 2.36. The molecule has 0 unspecified atom stereocenters. The van der Waals surface area contributed by atoms with Crippen molar-refractivity contribution in [3.05, 3.63) is 29.3 Å². The zero-order valence-corrected chi connectivity index (χ0v) is 11.0. The molecule has 0 spiro atoms. The molecule has 1 rings (SSSR count). The van der Waals surface area contributed by atoms with Crippen molar-refractivity contribution in [1.29, 1.82) is 0 Å². The molecule has 3 heteroatoms. The van der Waals surface area contributed by atoms with Gasteiger partial charge in [-0.2, -0.15) is 0 Å². The Morgan fingerprint density at radius 1 is 1.24 bits per heavy atom. The first-order valence-corrected chi connectivity index (χ1v) is 6.21. The Kier molecular flexibility index (Phi) is 6.01. The third-order valence-electron chi connectivity index (χ3n) is 2.44. The summed E-state index contributed by atoms with van der Waals surface area (Å²) in [6, 6.07) is 6.07. The third kappa shape index (κ3) is 5.71. The molecule has 3 nitrogen and oxygen atoms in total. The molecular formula is C14H23NO2. The van der Waals surface area contributed by atoms with Crippen molar-refractivity contribution in [1.82, 2.24) is 5.32 Å². The molecule has 96 valence electrons. The molecule has 0 saturated carbocycles. The quantitative estimate of drug-likeness (QED) is 0.713. The average molecular weight is 237 g/mol. The monoisotopic (exact) mass is 237 g/mol. The third-order valence-corrected chi connectivity index (χ3v) is 2.44. The number of ether oxygens (including phenoxy) is 1. The van der Waals surface area contributed by atoms with Crippen molar-refractivity contribution in [3.8, 4) is 5.75 Å². The van der Waals surface area contributed by atoms with Crippen molar-refractivity contribution in [2.45, 2.75) is 33.3 Å². The highest BCUT2D eigenvalue weighted by molar-refractivity contribution is 5.32. The first-order valence-electron chi connectivity index (χ1n) is 6.21. The summed E-state index contributed by atoms with van der Waals surface area (Å²) in [6.45, 7) is 8.03. The van der Waals surface area contributed by atoms with E-state index in [0.717, 1.165) is 18.7 Å². The Labute approximate surface area is 104 Å². The Balaban J connectivity index is 2.34. The summed E-state index contributed by atoms with van der Waals surface area (Å²) in [5, 5.41) is 12.9. The lowest BCUT2D eigenvalue weighted by Gasteiger charge is -2.13. The number of aryl methyl sites for hydroxylation is 2. The smallest absolute Gasteiger partial charge is 0.119 e. The van der Waals surface area contributed by atoms with E-state index in [4.69, 9.17) is 4.74 Å². The van der Waals surface area contributed by atoms with E-state index in [0.29, 0.717) is 13.2 Å². The van der Waals surface area contributed by atoms with Gasteiger partial charge >= 0.3 is 0 Å². The lowest BCUT2D eigenvalue weighted by atomic mass is 10.1. The summed E-state index contributed by atoms with van der Waals surface area (Å²) >= 11 is 0. The minimum atomic E-state index is -0.456. The number of hydrogen-bond acceptors (Lipinski definition) is 3. The summed E-state index contributed by atoms with van der Waals surface area (Å²) in [7, 11) is 0. The standard InChI is InChI=1S/C14H23NO2/c1-4-5-15-9-13(16)10-17-14-7-11(2)6-12(3)8-14/h6-8,13,15-16H,4-5,9-10H2,1-3H3/t13-/m1/s1. The van der Waals surface area contributed by atoms with Crippen LogP contribution < -0.4 is 10.1 Å². The van der Waals surface area contributed by atoms with Gasteiger partial charge in [-0.1, -0.05) is 13.0 Å². The zero-order valence-electron chi connectivity index (χ0n) is 11.0. The normalized spacial score (nSPS) is 12.5. The lowest BCUT2D eigenvalue weighted by Crippen LogP contribution is -2.31. The van der Waals surface area contributed by atoms with E-state index in [9.17, 15) is 5.11 Å². The lowest BCUT2D eigenvalue weighted by molar-refractivity contribution is 0.106. The molecule has 0 aliphatic heterocycles. The first-order chi connectivity index (χ1) is 8.11. The van der Waals surface area contributed by atoms with Gasteiger partial charge in [0.25, 0.3) is 0 Å². The summed E-state index contributed by atoms with van der Waals surface area (Å²) in [6.07, 6.45) is 0.618. The SMILES string of the molecule is CCCNC[C@@H](O)COc1cc(C)cc(C)c1. The molecule has 1 aromatic carbocycles. The maximum absolute atomic E-state index is 9.69. The van der Waals surface area contributed by atoms with Crippen LogP contribution in [0.2, 0.25) is 0 Å². The molecule has 0 heterocycles. The molecule has 0 radical (unpaired) electrons. The van der Waals surface area contributed by atoms with Gasteiger partial charge in [0.15, 0.2) is 0 Å². The largest absolute Gasteiger partial charge is 0.491 e. The molecule has 0 aromatic heterocycles. The van der Waals surface area contributed by atoms with Gasteiger partial charge in [-0.15, -0.1) is 0 Å². The number of aliphatic hydroxyl groups excluding tert-OH is 1. The zero-order chi connectivity index (χ0) is 12.7. The van der Waals surface area contributed by atoms with Crippen LogP contribution in [-0.4, -0.2) is 30.9 Å². The number of rotatable bonds is 7. The Bertz CT molecular complexity index is 319. The van der Waals surface area contributed by atoms with Crippen LogP contribution in [0.1, 0.15) is 24.5 Å². The van der Waals surface area contributed by atoms with Gasteiger partial charge in [-0.05, 0) is 50.1 Å². The van der Waals surface area contributed by atoms with E-state index in [1.807, 2.05) is 26.0 Å². The number of hydrogen-bond donors (Lipinski definition) is 2. The average Bonchev–Trinajstić information content (AvgIpc) is 2.25. The predicted octanol–water partition coefficient (Wildman–Crippen LogP) is 2.04. The van der Waals surface area contributed by atoms with E-state index in [2.05, 4.69) is 18.3 Å². The van der Waals surface area contributed by atoms with E-state index < -0.39 is 6.10 Å². The molecule has 0 fully saturated rings. The maximum Gasteiger partial charge on any atom is 0.119 e. The minimum absolute atomic E-state index is 0.333. The molecule has 0 amide bonds. The highest BCUT2D eigenvalue weighted by Crippen LogP contribution is 2.16. The van der Waals surface area contributed by atoms with Crippen molar-refractivity contribution in [2.75, 3.05) is 19.7 Å². The maximum atomic E-state index is 9.69. The van der Waals surface area contributed by atoms with Crippen molar-refractivity contribution in [3.63, 3.8) is 0 Å². The Morgan fingerprint density at radius 2 is 1.88 bits per heavy atom. The molecule has 0 saturated heterocycles. The Hall–Kier alpha value is -1.06. The minimum Gasteiger partial charge on any atom is -0.491 e. The fraction of sp³-hybridized carbons (Fsp3) is 0.571. The molecule has 2 N–H and O–H groups in total. The topological polar surface area (TPSA) is 41.5 Å². The van der Waals surface area contributed by atoms with Gasteiger partial charge in [0.2, 0.25) is 0 Å². The van der Waals surface area contributed by atoms with Gasteiger partial charge in [-0.3, -0.25) is 0 Å². The number of benzene rings is 1. The van der Waals surface area contributed by atoms with Crippen LogP contribution in [0.4, 0.5) is 0 Å². The van der Waals surface area contributed by atoms with Gasteiger partial charge in [0.1, 0.15) is 18.5 Å². The van der Waals surface area contributed by atoms with E-state index >= 15 is 0 Å². The molecule has 17 heavy (non-hydrogen) atoms. The van der Waals surface area contributed by atoms with Gasteiger partial charge < -0.3 is 15.2 Å². The molecule has 1 atom stereocenters. The van der Waals surface area contributed by atoms with E-state index in [1.54, 1.807) is 0 Å².